The molecule has 0 atom stereocenters. The highest BCUT2D eigenvalue weighted by Crippen LogP contribution is 2.28. The fourth-order valence-electron chi connectivity index (χ4n) is 2.35. The number of carbonyl (C=O) groups is 1. The van der Waals surface area contributed by atoms with Crippen LogP contribution in [0, 0.1) is 0 Å². The van der Waals surface area contributed by atoms with Crippen molar-refractivity contribution in [2.45, 2.75) is 30.6 Å². The maximum Gasteiger partial charge on any atom is 0.262 e. The molecule has 1 saturated heterocycles. The van der Waals surface area contributed by atoms with Gasteiger partial charge in [0.2, 0.25) is 0 Å². The van der Waals surface area contributed by atoms with Crippen LogP contribution in [0.2, 0.25) is 5.02 Å². The van der Waals surface area contributed by atoms with Gasteiger partial charge < -0.3 is 4.90 Å². The van der Waals surface area contributed by atoms with Crippen LogP contribution >= 0.6 is 22.3 Å². The van der Waals surface area contributed by atoms with E-state index in [-0.39, 0.29) is 21.4 Å². The number of benzene rings is 1. The number of hydrogen-bond acceptors (Lipinski definition) is 3. The lowest BCUT2D eigenvalue weighted by Crippen LogP contribution is -2.32. The number of likely N-dealkylation sites (tertiary alicyclic amines) is 1. The third-order valence-electron chi connectivity index (χ3n) is 3.35. The van der Waals surface area contributed by atoms with E-state index in [0.29, 0.717) is 13.1 Å². The topological polar surface area (TPSA) is 54.5 Å². The summed E-state index contributed by atoms with van der Waals surface area (Å²) in [5.41, 5.74) is -0.0222. The molecule has 1 aliphatic heterocycles. The fourth-order valence-corrected chi connectivity index (χ4v) is 3.73. The number of hydrogen-bond donors (Lipinski definition) is 0. The standard InChI is InChI=1S/C13H15Cl2NO3S/c14-10-6-5-7-11(20(15,18)19)12(10)13(17)16-8-3-1-2-4-9-16/h5-7H,1-4,8-9H2. The maximum atomic E-state index is 12.6. The maximum absolute atomic E-state index is 12.6. The minimum atomic E-state index is -4.01. The number of nitrogens with zero attached hydrogens (tertiary/aromatic N) is 1. The molecule has 0 bridgehead atoms. The lowest BCUT2D eigenvalue weighted by Gasteiger charge is -2.21. The lowest BCUT2D eigenvalue weighted by molar-refractivity contribution is 0.0758. The first-order valence-electron chi connectivity index (χ1n) is 6.43. The zero-order valence-electron chi connectivity index (χ0n) is 10.8. The molecule has 1 amide bonds. The number of amides is 1. The third-order valence-corrected chi connectivity index (χ3v) is 5.02. The van der Waals surface area contributed by atoms with E-state index in [9.17, 15) is 13.2 Å². The van der Waals surface area contributed by atoms with Gasteiger partial charge in [-0.05, 0) is 25.0 Å². The highest BCUT2D eigenvalue weighted by molar-refractivity contribution is 8.13. The molecule has 1 aromatic rings. The van der Waals surface area contributed by atoms with Crippen LogP contribution in [0.25, 0.3) is 0 Å². The van der Waals surface area contributed by atoms with E-state index in [2.05, 4.69) is 0 Å². The number of rotatable bonds is 2. The molecule has 4 nitrogen and oxygen atoms in total. The van der Waals surface area contributed by atoms with Crippen molar-refractivity contribution >= 4 is 37.2 Å². The zero-order valence-corrected chi connectivity index (χ0v) is 13.1. The molecule has 1 aliphatic rings. The molecule has 2 rings (SSSR count). The van der Waals surface area contributed by atoms with Crippen LogP contribution in [-0.2, 0) is 9.05 Å². The van der Waals surface area contributed by atoms with Crippen LogP contribution < -0.4 is 0 Å². The predicted molar refractivity (Wildman–Crippen MR) is 78.9 cm³/mol. The Morgan fingerprint density at radius 2 is 1.70 bits per heavy atom. The van der Waals surface area contributed by atoms with Gasteiger partial charge in [-0.2, -0.15) is 0 Å². The number of halogens is 2. The Morgan fingerprint density at radius 1 is 1.10 bits per heavy atom. The van der Waals surface area contributed by atoms with Gasteiger partial charge in [0.05, 0.1) is 15.5 Å². The summed E-state index contributed by atoms with van der Waals surface area (Å²) in [6.07, 6.45) is 3.98. The van der Waals surface area contributed by atoms with E-state index in [1.54, 1.807) is 4.90 Å². The van der Waals surface area contributed by atoms with E-state index in [0.717, 1.165) is 25.7 Å². The van der Waals surface area contributed by atoms with Crippen LogP contribution in [-0.4, -0.2) is 32.3 Å². The van der Waals surface area contributed by atoms with Gasteiger partial charge in [0.25, 0.3) is 15.0 Å². The van der Waals surface area contributed by atoms with Crippen LogP contribution in [0.1, 0.15) is 36.0 Å². The first-order chi connectivity index (χ1) is 9.41. The molecular formula is C13H15Cl2NO3S. The summed E-state index contributed by atoms with van der Waals surface area (Å²) in [4.78, 5) is 14.0. The van der Waals surface area contributed by atoms with Crippen LogP contribution in [0.5, 0.6) is 0 Å². The van der Waals surface area contributed by atoms with Gasteiger partial charge in [-0.15, -0.1) is 0 Å². The lowest BCUT2D eigenvalue weighted by atomic mass is 10.2. The second-order valence-electron chi connectivity index (χ2n) is 4.76. The molecule has 0 aromatic heterocycles. The molecule has 0 aliphatic carbocycles. The van der Waals surface area contributed by atoms with E-state index in [4.69, 9.17) is 22.3 Å². The van der Waals surface area contributed by atoms with Crippen molar-refractivity contribution in [3.63, 3.8) is 0 Å². The highest BCUT2D eigenvalue weighted by Gasteiger charge is 2.27. The Kier molecular flexibility index (Phi) is 4.94. The van der Waals surface area contributed by atoms with Gasteiger partial charge in [0.15, 0.2) is 0 Å². The molecule has 1 heterocycles. The third kappa shape index (κ3) is 3.45. The Bertz CT molecular complexity index is 608. The molecule has 1 fully saturated rings. The van der Waals surface area contributed by atoms with Crippen molar-refractivity contribution in [1.29, 1.82) is 0 Å². The average Bonchev–Trinajstić information content (AvgIpc) is 2.65. The molecule has 0 unspecified atom stereocenters. The molecule has 110 valence electrons. The van der Waals surface area contributed by atoms with Crippen molar-refractivity contribution in [1.82, 2.24) is 4.90 Å². The van der Waals surface area contributed by atoms with E-state index < -0.39 is 9.05 Å². The van der Waals surface area contributed by atoms with Gasteiger partial charge in [0, 0.05) is 23.8 Å². The molecule has 0 spiro atoms. The van der Waals surface area contributed by atoms with E-state index >= 15 is 0 Å². The Balaban J connectivity index is 2.43. The summed E-state index contributed by atoms with van der Waals surface area (Å²) < 4.78 is 23.2. The van der Waals surface area contributed by atoms with Crippen LogP contribution in [0.3, 0.4) is 0 Å². The fraction of sp³-hybridized carbons (Fsp3) is 0.462. The molecule has 0 N–H and O–H groups in total. The second-order valence-corrected chi connectivity index (χ2v) is 7.70. The van der Waals surface area contributed by atoms with E-state index in [1.165, 1.54) is 18.2 Å². The van der Waals surface area contributed by atoms with Crippen molar-refractivity contribution in [3.05, 3.63) is 28.8 Å². The molecule has 1 aromatic carbocycles. The van der Waals surface area contributed by atoms with Gasteiger partial charge in [-0.3, -0.25) is 4.79 Å². The zero-order chi connectivity index (χ0) is 14.8. The summed E-state index contributed by atoms with van der Waals surface area (Å²) in [6, 6.07) is 4.27. The monoisotopic (exact) mass is 335 g/mol. The normalized spacial score (nSPS) is 16.8. The van der Waals surface area contributed by atoms with Crippen molar-refractivity contribution in [3.8, 4) is 0 Å². The predicted octanol–water partition coefficient (Wildman–Crippen LogP) is 3.28. The molecular weight excluding hydrogens is 321 g/mol. The summed E-state index contributed by atoms with van der Waals surface area (Å²) in [7, 11) is 1.39. The van der Waals surface area contributed by atoms with Gasteiger partial charge in [0.1, 0.15) is 0 Å². The average molecular weight is 336 g/mol. The SMILES string of the molecule is O=C(c1c(Cl)cccc1S(=O)(=O)Cl)N1CCCCCC1. The first kappa shape index (κ1) is 15.6. The van der Waals surface area contributed by atoms with Gasteiger partial charge in [-0.1, -0.05) is 30.5 Å². The Labute approximate surface area is 128 Å². The molecule has 7 heteroatoms. The highest BCUT2D eigenvalue weighted by atomic mass is 35.7. The Hall–Kier alpha value is -0.780. The van der Waals surface area contributed by atoms with Crippen LogP contribution in [0.4, 0.5) is 0 Å². The molecule has 0 radical (unpaired) electrons. The van der Waals surface area contributed by atoms with E-state index in [1.807, 2.05) is 0 Å². The summed E-state index contributed by atoms with van der Waals surface area (Å²) in [5, 5.41) is 0.112. The van der Waals surface area contributed by atoms with Gasteiger partial charge in [-0.25, -0.2) is 8.42 Å². The minimum Gasteiger partial charge on any atom is -0.339 e. The smallest absolute Gasteiger partial charge is 0.262 e. The first-order valence-corrected chi connectivity index (χ1v) is 9.12. The minimum absolute atomic E-state index is 0.0222. The van der Waals surface area contributed by atoms with Crippen LogP contribution in [0.15, 0.2) is 23.1 Å². The van der Waals surface area contributed by atoms with Crippen molar-refractivity contribution in [2.24, 2.45) is 0 Å². The van der Waals surface area contributed by atoms with Crippen molar-refractivity contribution < 1.29 is 13.2 Å². The van der Waals surface area contributed by atoms with Crippen molar-refractivity contribution in [2.75, 3.05) is 13.1 Å². The summed E-state index contributed by atoms with van der Waals surface area (Å²) >= 11 is 6.02. The quantitative estimate of drug-likeness (QED) is 0.779. The second kappa shape index (κ2) is 6.33. The number of carbonyl (C=O) groups excluding carboxylic acids is 1. The molecule has 0 saturated carbocycles. The van der Waals surface area contributed by atoms with Gasteiger partial charge >= 0.3 is 0 Å². The summed E-state index contributed by atoms with van der Waals surface area (Å²) in [5.74, 6) is -0.364. The summed E-state index contributed by atoms with van der Waals surface area (Å²) in [6.45, 7) is 1.23. The Morgan fingerprint density at radius 3 is 2.25 bits per heavy atom. The largest absolute Gasteiger partial charge is 0.339 e. The molecule has 20 heavy (non-hydrogen) atoms.